The minimum absolute atomic E-state index is 0.0216. The van der Waals surface area contributed by atoms with Crippen molar-refractivity contribution in [3.05, 3.63) is 35.4 Å². The number of amides is 5. The van der Waals surface area contributed by atoms with Crippen LogP contribution in [0.3, 0.4) is 0 Å². The van der Waals surface area contributed by atoms with Crippen LogP contribution in [0.5, 0.6) is 0 Å². The molecule has 0 aromatic heterocycles. The standard InChI is InChI=1S/C19H24N4O5/c1-2-28-19(27)22-9-7-14(8-10-22)21-17(25)15-6-4-3-5-13(15)12-23-16(24)11-20-18(23)26/h3-6,14H,2,7-12H2,1H3,(H,20,26)(H,21,25). The fraction of sp³-hybridized carbons (Fsp3) is 0.474. The highest BCUT2D eigenvalue weighted by molar-refractivity contribution is 6.02. The predicted octanol–water partition coefficient (Wildman–Crippen LogP) is 1.09. The molecule has 2 aliphatic heterocycles. The summed E-state index contributed by atoms with van der Waals surface area (Å²) < 4.78 is 5.00. The molecular weight excluding hydrogens is 364 g/mol. The molecule has 0 spiro atoms. The number of ether oxygens (including phenoxy) is 1. The number of nitrogens with zero attached hydrogens (tertiary/aromatic N) is 2. The van der Waals surface area contributed by atoms with Crippen LogP contribution in [-0.4, -0.2) is 66.0 Å². The number of urea groups is 1. The van der Waals surface area contributed by atoms with Gasteiger partial charge in [-0.05, 0) is 31.4 Å². The summed E-state index contributed by atoms with van der Waals surface area (Å²) >= 11 is 0. The van der Waals surface area contributed by atoms with Crippen molar-refractivity contribution >= 4 is 23.9 Å². The van der Waals surface area contributed by atoms with Crippen molar-refractivity contribution in [3.63, 3.8) is 0 Å². The second-order valence-corrected chi connectivity index (χ2v) is 6.73. The first kappa shape index (κ1) is 19.7. The van der Waals surface area contributed by atoms with Crippen LogP contribution < -0.4 is 10.6 Å². The molecule has 1 aromatic rings. The van der Waals surface area contributed by atoms with Gasteiger partial charge in [-0.3, -0.25) is 14.5 Å². The van der Waals surface area contributed by atoms with Gasteiger partial charge in [0.1, 0.15) is 0 Å². The minimum Gasteiger partial charge on any atom is -0.450 e. The maximum Gasteiger partial charge on any atom is 0.409 e. The maximum atomic E-state index is 12.8. The van der Waals surface area contributed by atoms with Gasteiger partial charge in [-0.25, -0.2) is 9.59 Å². The molecular formula is C19H24N4O5. The monoisotopic (exact) mass is 388 g/mol. The third kappa shape index (κ3) is 4.41. The van der Waals surface area contributed by atoms with Gasteiger partial charge in [-0.15, -0.1) is 0 Å². The first-order valence-corrected chi connectivity index (χ1v) is 9.38. The van der Waals surface area contributed by atoms with Crippen molar-refractivity contribution in [2.75, 3.05) is 26.2 Å². The van der Waals surface area contributed by atoms with Gasteiger partial charge in [0.05, 0.1) is 19.7 Å². The molecule has 5 amide bonds. The molecule has 2 aliphatic rings. The van der Waals surface area contributed by atoms with E-state index in [-0.39, 0.29) is 37.0 Å². The van der Waals surface area contributed by atoms with E-state index < -0.39 is 6.03 Å². The molecule has 0 atom stereocenters. The van der Waals surface area contributed by atoms with Gasteiger partial charge in [0.15, 0.2) is 0 Å². The van der Waals surface area contributed by atoms with E-state index in [1.807, 2.05) is 0 Å². The van der Waals surface area contributed by atoms with E-state index in [2.05, 4.69) is 10.6 Å². The Morgan fingerprint density at radius 3 is 2.57 bits per heavy atom. The number of hydrogen-bond donors (Lipinski definition) is 2. The third-order valence-corrected chi connectivity index (χ3v) is 4.88. The lowest BCUT2D eigenvalue weighted by atomic mass is 10.0. The normalized spacial score (nSPS) is 17.5. The molecule has 0 aliphatic carbocycles. The molecule has 9 heteroatoms. The third-order valence-electron chi connectivity index (χ3n) is 4.88. The lowest BCUT2D eigenvalue weighted by Gasteiger charge is -2.31. The summed E-state index contributed by atoms with van der Waals surface area (Å²) in [6.45, 7) is 3.18. The largest absolute Gasteiger partial charge is 0.450 e. The molecule has 1 aromatic carbocycles. The molecule has 3 rings (SSSR count). The second-order valence-electron chi connectivity index (χ2n) is 6.73. The first-order valence-electron chi connectivity index (χ1n) is 9.38. The highest BCUT2D eigenvalue weighted by Crippen LogP contribution is 2.16. The number of carbonyl (C=O) groups is 4. The first-order chi connectivity index (χ1) is 13.5. The van der Waals surface area contributed by atoms with Gasteiger partial charge in [-0.1, -0.05) is 18.2 Å². The lowest BCUT2D eigenvalue weighted by Crippen LogP contribution is -2.46. The van der Waals surface area contributed by atoms with E-state index in [4.69, 9.17) is 4.74 Å². The van der Waals surface area contributed by atoms with Crippen molar-refractivity contribution in [3.8, 4) is 0 Å². The molecule has 28 heavy (non-hydrogen) atoms. The Morgan fingerprint density at radius 2 is 1.93 bits per heavy atom. The SMILES string of the molecule is CCOC(=O)N1CCC(NC(=O)c2ccccc2CN2C(=O)CNC2=O)CC1. The Bertz CT molecular complexity index is 757. The summed E-state index contributed by atoms with van der Waals surface area (Å²) in [5.74, 6) is -0.566. The molecule has 2 fully saturated rings. The van der Waals surface area contributed by atoms with E-state index in [0.717, 1.165) is 4.90 Å². The fourth-order valence-electron chi connectivity index (χ4n) is 3.35. The van der Waals surface area contributed by atoms with Crippen LogP contribution >= 0.6 is 0 Å². The van der Waals surface area contributed by atoms with Crippen LogP contribution in [0, 0.1) is 0 Å². The number of carbonyl (C=O) groups excluding carboxylic acids is 4. The fourth-order valence-corrected chi connectivity index (χ4v) is 3.35. The summed E-state index contributed by atoms with van der Waals surface area (Å²) in [7, 11) is 0. The van der Waals surface area contributed by atoms with Crippen LogP contribution in [0.2, 0.25) is 0 Å². The Kier molecular flexibility index (Phi) is 6.13. The van der Waals surface area contributed by atoms with E-state index in [9.17, 15) is 19.2 Å². The highest BCUT2D eigenvalue weighted by atomic mass is 16.6. The van der Waals surface area contributed by atoms with Crippen molar-refractivity contribution in [1.29, 1.82) is 0 Å². The molecule has 2 N–H and O–H groups in total. The molecule has 0 radical (unpaired) electrons. The molecule has 2 saturated heterocycles. The van der Waals surface area contributed by atoms with Gasteiger partial charge in [0, 0.05) is 24.7 Å². The summed E-state index contributed by atoms with van der Waals surface area (Å²) in [6.07, 6.45) is 0.950. The summed E-state index contributed by atoms with van der Waals surface area (Å²) in [6, 6.07) is 6.42. The number of imide groups is 1. The van der Waals surface area contributed by atoms with Crippen LogP contribution in [0.1, 0.15) is 35.7 Å². The van der Waals surface area contributed by atoms with E-state index >= 15 is 0 Å². The Hall–Kier alpha value is -3.10. The Balaban J connectivity index is 1.60. The van der Waals surface area contributed by atoms with E-state index in [0.29, 0.717) is 43.7 Å². The Morgan fingerprint density at radius 1 is 1.21 bits per heavy atom. The molecule has 9 nitrogen and oxygen atoms in total. The summed E-state index contributed by atoms with van der Waals surface area (Å²) in [5.41, 5.74) is 1.04. The lowest BCUT2D eigenvalue weighted by molar-refractivity contribution is -0.125. The van der Waals surface area contributed by atoms with Gasteiger partial charge >= 0.3 is 12.1 Å². The molecule has 2 heterocycles. The topological polar surface area (TPSA) is 108 Å². The molecule has 0 unspecified atom stereocenters. The van der Waals surface area contributed by atoms with Crippen LogP contribution in [-0.2, 0) is 16.1 Å². The quantitative estimate of drug-likeness (QED) is 0.734. The van der Waals surface area contributed by atoms with Crippen LogP contribution in [0.15, 0.2) is 24.3 Å². The highest BCUT2D eigenvalue weighted by Gasteiger charge is 2.30. The van der Waals surface area contributed by atoms with Crippen LogP contribution in [0.25, 0.3) is 0 Å². The summed E-state index contributed by atoms with van der Waals surface area (Å²) in [4.78, 5) is 50.9. The zero-order valence-corrected chi connectivity index (χ0v) is 15.8. The number of likely N-dealkylation sites (tertiary alicyclic amines) is 1. The number of nitrogens with one attached hydrogen (secondary N) is 2. The zero-order valence-electron chi connectivity index (χ0n) is 15.8. The van der Waals surface area contributed by atoms with Crippen molar-refractivity contribution in [2.45, 2.75) is 32.4 Å². The van der Waals surface area contributed by atoms with Gasteiger partial charge in [0.25, 0.3) is 5.91 Å². The van der Waals surface area contributed by atoms with Crippen molar-refractivity contribution in [1.82, 2.24) is 20.4 Å². The van der Waals surface area contributed by atoms with Crippen molar-refractivity contribution in [2.24, 2.45) is 0 Å². The smallest absolute Gasteiger partial charge is 0.409 e. The average Bonchev–Trinajstić information content (AvgIpc) is 3.01. The van der Waals surface area contributed by atoms with E-state index in [1.165, 1.54) is 0 Å². The number of piperidine rings is 1. The van der Waals surface area contributed by atoms with Gasteiger partial charge < -0.3 is 20.3 Å². The zero-order chi connectivity index (χ0) is 20.1. The van der Waals surface area contributed by atoms with Gasteiger partial charge in [0.2, 0.25) is 5.91 Å². The Labute approximate surface area is 163 Å². The molecule has 0 saturated carbocycles. The maximum absolute atomic E-state index is 12.8. The second kappa shape index (κ2) is 8.73. The van der Waals surface area contributed by atoms with Crippen LogP contribution in [0.4, 0.5) is 9.59 Å². The molecule has 150 valence electrons. The van der Waals surface area contributed by atoms with E-state index in [1.54, 1.807) is 36.1 Å². The number of hydrogen-bond acceptors (Lipinski definition) is 5. The molecule has 0 bridgehead atoms. The number of rotatable bonds is 5. The van der Waals surface area contributed by atoms with Gasteiger partial charge in [-0.2, -0.15) is 0 Å². The predicted molar refractivity (Wildman–Crippen MR) is 99.5 cm³/mol. The summed E-state index contributed by atoms with van der Waals surface area (Å²) in [5, 5.41) is 5.46. The van der Waals surface area contributed by atoms with Crippen molar-refractivity contribution < 1.29 is 23.9 Å². The minimum atomic E-state index is -0.452. The number of benzene rings is 1. The average molecular weight is 388 g/mol.